The predicted molar refractivity (Wildman–Crippen MR) is 91.3 cm³/mol. The van der Waals surface area contributed by atoms with Gasteiger partial charge in [-0.2, -0.15) is 5.26 Å². The number of rotatable bonds is 3. The van der Waals surface area contributed by atoms with Gasteiger partial charge in [0.25, 0.3) is 0 Å². The maximum atomic E-state index is 13.7. The van der Waals surface area contributed by atoms with Gasteiger partial charge >= 0.3 is 0 Å². The Balaban J connectivity index is 2.92. The summed E-state index contributed by atoms with van der Waals surface area (Å²) in [6, 6.07) is 9.80. The lowest BCUT2D eigenvalue weighted by atomic mass is 9.87. The number of hydrogen-bond acceptors (Lipinski definition) is 2. The van der Waals surface area contributed by atoms with Crippen molar-refractivity contribution in [1.29, 1.82) is 5.26 Å². The molecule has 2 aromatic carbocycles. The van der Waals surface area contributed by atoms with Crippen molar-refractivity contribution in [2.24, 2.45) is 5.73 Å². The molecular weight excluding hydrogens is 311 g/mol. The maximum Gasteiger partial charge on any atom is 0.123 e. The van der Waals surface area contributed by atoms with Crippen LogP contribution in [0.15, 0.2) is 30.3 Å². The van der Waals surface area contributed by atoms with E-state index >= 15 is 0 Å². The van der Waals surface area contributed by atoms with Gasteiger partial charge in [0, 0.05) is 27.8 Å². The van der Waals surface area contributed by atoms with Crippen LogP contribution < -0.4 is 5.73 Å². The lowest BCUT2D eigenvalue weighted by Crippen LogP contribution is -2.10. The van der Waals surface area contributed by atoms with Crippen LogP contribution in [-0.4, -0.2) is 0 Å². The summed E-state index contributed by atoms with van der Waals surface area (Å²) in [5.41, 5.74) is 9.56. The third-order valence-electron chi connectivity index (χ3n) is 3.52. The van der Waals surface area contributed by atoms with E-state index in [1.165, 1.54) is 12.1 Å². The molecule has 0 saturated heterocycles. The minimum Gasteiger partial charge on any atom is -0.324 e. The van der Waals surface area contributed by atoms with Crippen molar-refractivity contribution in [2.75, 3.05) is 0 Å². The smallest absolute Gasteiger partial charge is 0.123 e. The van der Waals surface area contributed by atoms with Crippen LogP contribution in [0.3, 0.4) is 0 Å². The normalized spacial score (nSPS) is 11.3. The van der Waals surface area contributed by atoms with E-state index in [9.17, 15) is 4.39 Å². The topological polar surface area (TPSA) is 49.8 Å². The zero-order valence-corrected chi connectivity index (χ0v) is 13.7. The second kappa shape index (κ2) is 7.29. The zero-order valence-electron chi connectivity index (χ0n) is 13.0. The second-order valence-electron chi connectivity index (χ2n) is 5.19. The molecule has 0 amide bonds. The van der Waals surface area contributed by atoms with Crippen LogP contribution in [0.1, 0.15) is 36.6 Å². The highest BCUT2D eigenvalue weighted by Gasteiger charge is 2.19. The number of hydrogen-bond donors (Lipinski definition) is 1. The monoisotopic (exact) mass is 326 g/mol. The van der Waals surface area contributed by atoms with Gasteiger partial charge in [-0.25, -0.2) is 4.39 Å². The fraction of sp³-hybridized carbons (Fsp3) is 0.211. The Bertz CT molecular complexity index is 839. The van der Waals surface area contributed by atoms with Crippen molar-refractivity contribution < 1.29 is 4.39 Å². The quantitative estimate of drug-likeness (QED) is 0.838. The van der Waals surface area contributed by atoms with Crippen LogP contribution in [0.2, 0.25) is 5.02 Å². The average molecular weight is 327 g/mol. The summed E-state index contributed by atoms with van der Waals surface area (Å²) in [5, 5.41) is 9.53. The molecule has 2 aromatic rings. The highest BCUT2D eigenvalue weighted by molar-refractivity contribution is 6.31. The highest BCUT2D eigenvalue weighted by atomic mass is 35.5. The summed E-state index contributed by atoms with van der Waals surface area (Å²) in [7, 11) is 0. The Morgan fingerprint density at radius 2 is 2.09 bits per heavy atom. The van der Waals surface area contributed by atoms with Crippen LogP contribution in [0.4, 0.5) is 4.39 Å². The van der Waals surface area contributed by atoms with Crippen LogP contribution >= 0.6 is 11.6 Å². The van der Waals surface area contributed by atoms with Crippen molar-refractivity contribution in [2.45, 2.75) is 26.3 Å². The van der Waals surface area contributed by atoms with Gasteiger partial charge in [0.2, 0.25) is 0 Å². The molecule has 1 atom stereocenters. The first-order chi connectivity index (χ1) is 11.0. The van der Waals surface area contributed by atoms with E-state index in [2.05, 4.69) is 17.9 Å². The second-order valence-corrected chi connectivity index (χ2v) is 5.59. The van der Waals surface area contributed by atoms with E-state index in [0.29, 0.717) is 21.7 Å². The van der Waals surface area contributed by atoms with Gasteiger partial charge < -0.3 is 5.73 Å². The molecule has 4 heteroatoms. The van der Waals surface area contributed by atoms with Gasteiger partial charge in [-0.15, -0.1) is 5.92 Å². The Labute approximate surface area is 140 Å². The Morgan fingerprint density at radius 1 is 1.35 bits per heavy atom. The van der Waals surface area contributed by atoms with E-state index in [0.717, 1.165) is 11.1 Å². The maximum absolute atomic E-state index is 13.7. The Kier molecular flexibility index (Phi) is 5.40. The molecule has 2 rings (SSSR count). The number of nitrogens with two attached hydrogens (primary N) is 1. The lowest BCUT2D eigenvalue weighted by molar-refractivity contribution is 0.628. The van der Waals surface area contributed by atoms with E-state index < -0.39 is 0 Å². The van der Waals surface area contributed by atoms with Gasteiger partial charge in [0.05, 0.1) is 12.5 Å². The predicted octanol–water partition coefficient (Wildman–Crippen LogP) is 4.60. The standard InChI is InChI=1S/C19H16ClFN2/c1-3-5-16-15(8-9-22)18(20)11-17(12(2)23)19(16)13-6-4-7-14(21)10-13/h4,6-7,10-12H,8,23H2,1-2H3. The third-order valence-corrected chi connectivity index (χ3v) is 3.86. The van der Waals surface area contributed by atoms with Crippen molar-refractivity contribution in [1.82, 2.24) is 0 Å². The van der Waals surface area contributed by atoms with Gasteiger partial charge in [0.1, 0.15) is 5.82 Å². The van der Waals surface area contributed by atoms with Crippen LogP contribution in [0.5, 0.6) is 0 Å². The van der Waals surface area contributed by atoms with Crippen molar-refractivity contribution in [3.8, 4) is 29.0 Å². The molecule has 0 aliphatic heterocycles. The summed E-state index contributed by atoms with van der Waals surface area (Å²) >= 11 is 6.34. The molecule has 0 aromatic heterocycles. The number of halogens is 2. The first-order valence-corrected chi connectivity index (χ1v) is 7.53. The molecule has 0 radical (unpaired) electrons. The highest BCUT2D eigenvalue weighted by Crippen LogP contribution is 2.37. The third kappa shape index (κ3) is 3.54. The Hall–Kier alpha value is -2.33. The fourth-order valence-corrected chi connectivity index (χ4v) is 2.82. The van der Waals surface area contributed by atoms with Crippen LogP contribution in [0.25, 0.3) is 11.1 Å². The molecule has 0 fully saturated rings. The molecule has 0 aliphatic rings. The van der Waals surface area contributed by atoms with E-state index in [-0.39, 0.29) is 18.3 Å². The van der Waals surface area contributed by atoms with E-state index in [1.807, 2.05) is 6.92 Å². The number of nitrogens with zero attached hydrogens (tertiary/aromatic N) is 1. The first-order valence-electron chi connectivity index (χ1n) is 7.16. The summed E-state index contributed by atoms with van der Waals surface area (Å²) in [5.74, 6) is 5.53. The largest absolute Gasteiger partial charge is 0.324 e. The molecule has 2 N–H and O–H groups in total. The van der Waals surface area contributed by atoms with Crippen molar-refractivity contribution in [3.05, 3.63) is 57.9 Å². The summed E-state index contributed by atoms with van der Waals surface area (Å²) in [4.78, 5) is 0. The molecule has 1 unspecified atom stereocenters. The number of nitriles is 1. The molecule has 0 heterocycles. The molecule has 116 valence electrons. The first kappa shape index (κ1) is 17.0. The molecule has 2 nitrogen and oxygen atoms in total. The summed E-state index contributed by atoms with van der Waals surface area (Å²) in [6.07, 6.45) is 0.129. The molecule has 0 bridgehead atoms. The van der Waals surface area contributed by atoms with Crippen molar-refractivity contribution >= 4 is 11.6 Å². The minimum atomic E-state index is -0.342. The van der Waals surface area contributed by atoms with E-state index in [1.54, 1.807) is 25.1 Å². The molecule has 0 spiro atoms. The van der Waals surface area contributed by atoms with E-state index in [4.69, 9.17) is 22.6 Å². The van der Waals surface area contributed by atoms with Gasteiger partial charge in [-0.05, 0) is 43.2 Å². The molecule has 23 heavy (non-hydrogen) atoms. The van der Waals surface area contributed by atoms with Gasteiger partial charge in [-0.1, -0.05) is 29.7 Å². The van der Waals surface area contributed by atoms with Crippen molar-refractivity contribution in [3.63, 3.8) is 0 Å². The summed E-state index contributed by atoms with van der Waals surface area (Å²) in [6.45, 7) is 3.54. The fourth-order valence-electron chi connectivity index (χ4n) is 2.54. The minimum absolute atomic E-state index is 0.129. The molecule has 0 saturated carbocycles. The van der Waals surface area contributed by atoms with Gasteiger partial charge in [-0.3, -0.25) is 0 Å². The molecular formula is C19H16ClFN2. The SMILES string of the molecule is CC#Cc1c(CC#N)c(Cl)cc(C(C)N)c1-c1cccc(F)c1. The lowest BCUT2D eigenvalue weighted by Gasteiger charge is -2.19. The zero-order chi connectivity index (χ0) is 17.0. The number of benzene rings is 2. The van der Waals surface area contributed by atoms with Crippen LogP contribution in [0, 0.1) is 29.0 Å². The summed E-state index contributed by atoms with van der Waals surface area (Å²) < 4.78 is 13.7. The van der Waals surface area contributed by atoms with Gasteiger partial charge in [0.15, 0.2) is 0 Å². The van der Waals surface area contributed by atoms with Crippen LogP contribution in [-0.2, 0) is 6.42 Å². The Morgan fingerprint density at radius 3 is 2.65 bits per heavy atom. The molecule has 0 aliphatic carbocycles. The average Bonchev–Trinajstić information content (AvgIpc) is 2.50.